The number of likely N-dealkylation sites (tertiary alicyclic amines) is 1. The fourth-order valence-electron chi connectivity index (χ4n) is 3.63. The number of imidazole rings is 1. The minimum Gasteiger partial charge on any atom is -0.340 e. The van der Waals surface area contributed by atoms with Crippen LogP contribution in [0.15, 0.2) is 30.9 Å². The first-order valence-corrected chi connectivity index (χ1v) is 8.65. The second-order valence-corrected chi connectivity index (χ2v) is 6.73. The van der Waals surface area contributed by atoms with Gasteiger partial charge in [-0.15, -0.1) is 0 Å². The number of hydrogen-bond acceptors (Lipinski definition) is 4. The van der Waals surface area contributed by atoms with Crippen LogP contribution < -0.4 is 0 Å². The molecule has 3 aromatic rings. The van der Waals surface area contributed by atoms with E-state index in [2.05, 4.69) is 22.2 Å². The van der Waals surface area contributed by atoms with Crippen LogP contribution in [0, 0.1) is 6.92 Å². The fraction of sp³-hybridized carbons (Fsp3) is 0.444. The number of amides is 1. The van der Waals surface area contributed by atoms with E-state index in [1.165, 1.54) is 0 Å². The van der Waals surface area contributed by atoms with Crippen molar-refractivity contribution in [3.05, 3.63) is 42.2 Å². The maximum Gasteiger partial charge on any atom is 0.242 e. The van der Waals surface area contributed by atoms with Crippen molar-refractivity contribution < 1.29 is 4.79 Å². The highest BCUT2D eigenvalue weighted by atomic mass is 16.2. The average molecular weight is 338 g/mol. The molecule has 0 aromatic carbocycles. The maximum atomic E-state index is 12.6. The predicted molar refractivity (Wildman–Crippen MR) is 94.0 cm³/mol. The monoisotopic (exact) mass is 338 g/mol. The summed E-state index contributed by atoms with van der Waals surface area (Å²) in [5.74, 6) is 0.417. The van der Waals surface area contributed by atoms with Crippen molar-refractivity contribution in [2.75, 3.05) is 13.1 Å². The number of carbonyl (C=O) groups is 1. The van der Waals surface area contributed by atoms with Crippen LogP contribution in [0.3, 0.4) is 0 Å². The van der Waals surface area contributed by atoms with Gasteiger partial charge in [-0.25, -0.2) is 9.97 Å². The van der Waals surface area contributed by atoms with Crippen LogP contribution in [0.1, 0.15) is 30.1 Å². The summed E-state index contributed by atoms with van der Waals surface area (Å²) in [5, 5.41) is 5.54. The van der Waals surface area contributed by atoms with E-state index in [-0.39, 0.29) is 11.8 Å². The van der Waals surface area contributed by atoms with Crippen LogP contribution in [0.2, 0.25) is 0 Å². The first-order valence-electron chi connectivity index (χ1n) is 8.65. The van der Waals surface area contributed by atoms with Crippen LogP contribution in [0.5, 0.6) is 0 Å². The molecule has 4 heterocycles. The van der Waals surface area contributed by atoms with E-state index in [0.29, 0.717) is 6.54 Å². The van der Waals surface area contributed by atoms with E-state index in [0.717, 1.165) is 48.4 Å². The zero-order valence-electron chi connectivity index (χ0n) is 14.6. The van der Waals surface area contributed by atoms with Crippen molar-refractivity contribution >= 4 is 16.9 Å². The van der Waals surface area contributed by atoms with Gasteiger partial charge in [0.1, 0.15) is 6.54 Å². The van der Waals surface area contributed by atoms with E-state index in [9.17, 15) is 4.79 Å². The van der Waals surface area contributed by atoms with Gasteiger partial charge in [0.2, 0.25) is 5.91 Å². The predicted octanol–water partition coefficient (Wildman–Crippen LogP) is 1.88. The summed E-state index contributed by atoms with van der Waals surface area (Å²) >= 11 is 0. The number of aromatic nitrogens is 5. The summed E-state index contributed by atoms with van der Waals surface area (Å²) in [4.78, 5) is 23.3. The van der Waals surface area contributed by atoms with Crippen molar-refractivity contribution in [3.8, 4) is 0 Å². The van der Waals surface area contributed by atoms with Gasteiger partial charge in [-0.05, 0) is 31.9 Å². The van der Waals surface area contributed by atoms with Crippen molar-refractivity contribution in [1.29, 1.82) is 0 Å². The lowest BCUT2D eigenvalue weighted by Gasteiger charge is -2.32. The second kappa shape index (κ2) is 6.31. The Bertz CT molecular complexity index is 898. The number of pyridine rings is 1. The summed E-state index contributed by atoms with van der Waals surface area (Å²) in [7, 11) is 1.92. The second-order valence-electron chi connectivity index (χ2n) is 6.73. The van der Waals surface area contributed by atoms with Crippen molar-refractivity contribution in [2.24, 2.45) is 7.05 Å². The molecule has 1 aliphatic heterocycles. The topological polar surface area (TPSA) is 68.8 Å². The summed E-state index contributed by atoms with van der Waals surface area (Å²) in [6.07, 6.45) is 7.26. The molecule has 0 radical (unpaired) electrons. The Labute approximate surface area is 146 Å². The quantitative estimate of drug-likeness (QED) is 0.731. The highest BCUT2D eigenvalue weighted by Crippen LogP contribution is 2.27. The first kappa shape index (κ1) is 15.8. The molecule has 25 heavy (non-hydrogen) atoms. The molecular formula is C18H22N6O. The van der Waals surface area contributed by atoms with E-state index in [4.69, 9.17) is 4.98 Å². The molecule has 0 bridgehead atoms. The molecule has 130 valence electrons. The van der Waals surface area contributed by atoms with Crippen LogP contribution >= 0.6 is 0 Å². The molecule has 7 heteroatoms. The third-order valence-corrected chi connectivity index (χ3v) is 4.96. The Kier molecular flexibility index (Phi) is 3.99. The molecule has 0 saturated carbocycles. The molecule has 0 unspecified atom stereocenters. The van der Waals surface area contributed by atoms with Gasteiger partial charge >= 0.3 is 0 Å². The molecule has 1 fully saturated rings. The highest BCUT2D eigenvalue weighted by Gasteiger charge is 2.26. The van der Waals surface area contributed by atoms with E-state index < -0.39 is 0 Å². The van der Waals surface area contributed by atoms with Gasteiger partial charge in [-0.3, -0.25) is 9.48 Å². The molecule has 4 rings (SSSR count). The van der Waals surface area contributed by atoms with Crippen LogP contribution in [0.4, 0.5) is 0 Å². The van der Waals surface area contributed by atoms with E-state index in [1.54, 1.807) is 12.5 Å². The van der Waals surface area contributed by atoms with Gasteiger partial charge in [0.15, 0.2) is 5.65 Å². The fourth-order valence-corrected chi connectivity index (χ4v) is 3.63. The molecule has 1 saturated heterocycles. The third-order valence-electron chi connectivity index (χ3n) is 4.96. The van der Waals surface area contributed by atoms with Gasteiger partial charge < -0.3 is 9.47 Å². The number of piperidine rings is 1. The molecule has 0 N–H and O–H groups in total. The number of rotatable bonds is 3. The standard InChI is InChI=1S/C18H22N6O/c1-13-15-5-6-16(20-18(15)22(2)21-13)14-4-3-8-24(10-14)17(25)11-23-9-7-19-12-23/h5-7,9,12,14H,3-4,8,10-11H2,1-2H3/t14-/m0/s1. The number of nitrogens with zero attached hydrogens (tertiary/aromatic N) is 6. The molecular weight excluding hydrogens is 316 g/mol. The SMILES string of the molecule is Cc1nn(C)c2nc([C@H]3CCCN(C(=O)Cn4ccnc4)C3)ccc12. The Morgan fingerprint density at radius 1 is 1.36 bits per heavy atom. The van der Waals surface area contributed by atoms with Gasteiger partial charge in [-0.1, -0.05) is 0 Å². The molecule has 0 spiro atoms. The zero-order valence-corrected chi connectivity index (χ0v) is 14.6. The summed E-state index contributed by atoms with van der Waals surface area (Å²) < 4.78 is 3.65. The molecule has 7 nitrogen and oxygen atoms in total. The third kappa shape index (κ3) is 3.01. The molecule has 1 aliphatic rings. The normalized spacial score (nSPS) is 18.0. The van der Waals surface area contributed by atoms with Crippen LogP contribution in [0.25, 0.3) is 11.0 Å². The Morgan fingerprint density at radius 2 is 2.24 bits per heavy atom. The molecule has 3 aromatic heterocycles. The van der Waals surface area contributed by atoms with Gasteiger partial charge in [-0.2, -0.15) is 5.10 Å². The van der Waals surface area contributed by atoms with Gasteiger partial charge in [0, 0.05) is 49.5 Å². The number of carbonyl (C=O) groups excluding carboxylic acids is 1. The number of fused-ring (bicyclic) bond motifs is 1. The first-order chi connectivity index (χ1) is 12.1. The lowest BCUT2D eigenvalue weighted by Crippen LogP contribution is -2.40. The Balaban J connectivity index is 1.52. The van der Waals surface area contributed by atoms with Crippen molar-refractivity contribution in [3.63, 3.8) is 0 Å². The summed E-state index contributed by atoms with van der Waals surface area (Å²) in [6.45, 7) is 3.89. The minimum atomic E-state index is 0.139. The molecule has 1 amide bonds. The van der Waals surface area contributed by atoms with E-state index >= 15 is 0 Å². The van der Waals surface area contributed by atoms with E-state index in [1.807, 2.05) is 34.3 Å². The van der Waals surface area contributed by atoms with Crippen molar-refractivity contribution in [1.82, 2.24) is 29.2 Å². The highest BCUT2D eigenvalue weighted by molar-refractivity contribution is 5.78. The Morgan fingerprint density at radius 3 is 3.04 bits per heavy atom. The number of hydrogen-bond donors (Lipinski definition) is 0. The van der Waals surface area contributed by atoms with Crippen LogP contribution in [-0.2, 0) is 18.4 Å². The largest absolute Gasteiger partial charge is 0.340 e. The number of aryl methyl sites for hydroxylation is 2. The smallest absolute Gasteiger partial charge is 0.242 e. The lowest BCUT2D eigenvalue weighted by molar-refractivity contribution is -0.133. The molecule has 0 aliphatic carbocycles. The Hall–Kier alpha value is -2.70. The average Bonchev–Trinajstić information content (AvgIpc) is 3.23. The summed E-state index contributed by atoms with van der Waals surface area (Å²) in [6, 6.07) is 4.19. The van der Waals surface area contributed by atoms with Crippen molar-refractivity contribution in [2.45, 2.75) is 32.2 Å². The lowest BCUT2D eigenvalue weighted by atomic mass is 9.94. The van der Waals surface area contributed by atoms with Gasteiger partial charge in [0.25, 0.3) is 0 Å². The maximum absolute atomic E-state index is 12.6. The summed E-state index contributed by atoms with van der Waals surface area (Å²) in [5.41, 5.74) is 2.96. The zero-order chi connectivity index (χ0) is 17.4. The molecule has 1 atom stereocenters. The minimum absolute atomic E-state index is 0.139. The van der Waals surface area contributed by atoms with Gasteiger partial charge in [0.05, 0.1) is 12.0 Å². The van der Waals surface area contributed by atoms with Crippen LogP contribution in [-0.4, -0.2) is 48.2 Å².